The van der Waals surface area contributed by atoms with Crippen LogP contribution in [0.2, 0.25) is 0 Å². The van der Waals surface area contributed by atoms with Crippen molar-refractivity contribution in [3.63, 3.8) is 0 Å². The number of ether oxygens (including phenoxy) is 1. The molecule has 1 aromatic heterocycles. The summed E-state index contributed by atoms with van der Waals surface area (Å²) in [5, 5.41) is 24.6. The fourth-order valence-corrected chi connectivity index (χ4v) is 3.84. The number of aromatic nitrogens is 1. The zero-order valence-corrected chi connectivity index (χ0v) is 16.5. The zero-order chi connectivity index (χ0) is 22.2. The van der Waals surface area contributed by atoms with Crippen molar-refractivity contribution >= 4 is 33.2 Å². The van der Waals surface area contributed by atoms with E-state index in [1.165, 1.54) is 12.1 Å². The summed E-state index contributed by atoms with van der Waals surface area (Å²) in [5.41, 5.74) is 2.20. The molecule has 0 amide bonds. The molecule has 156 valence electrons. The number of para-hydroxylation sites is 2. The highest BCUT2D eigenvalue weighted by molar-refractivity contribution is 6.09. The van der Waals surface area contributed by atoms with Gasteiger partial charge in [0.25, 0.3) is 5.69 Å². The molecular weight excluding hydrogens is 410 g/mol. The molecule has 32 heavy (non-hydrogen) atoms. The lowest BCUT2D eigenvalue weighted by Crippen LogP contribution is -1.97. The second-order valence-corrected chi connectivity index (χ2v) is 7.13. The van der Waals surface area contributed by atoms with Crippen LogP contribution in [0.15, 0.2) is 91.0 Å². The van der Waals surface area contributed by atoms with E-state index >= 15 is 0 Å². The third-order valence-corrected chi connectivity index (χ3v) is 5.25. The fourth-order valence-electron chi connectivity index (χ4n) is 3.84. The Morgan fingerprint density at radius 1 is 0.688 bits per heavy atom. The van der Waals surface area contributed by atoms with Gasteiger partial charge in [-0.05, 0) is 42.5 Å². The molecule has 4 aromatic carbocycles. The molecule has 0 fully saturated rings. The van der Waals surface area contributed by atoms with Crippen LogP contribution >= 0.6 is 0 Å². The molecule has 0 N–H and O–H groups in total. The first-order valence-electron chi connectivity index (χ1n) is 9.72. The van der Waals surface area contributed by atoms with Crippen molar-refractivity contribution < 1.29 is 14.6 Å². The standard InChI is InChI=1S/C24H15N3O5/c28-26(29)17-11-14-24(23(15-17)27(30)31)32-18-12-9-16(10-13-18)25-21-7-3-1-5-19(21)20-6-2-4-8-22(20)25/h1-15H. The number of benzene rings is 4. The quantitative estimate of drug-likeness (QED) is 0.240. The van der Waals surface area contributed by atoms with Crippen LogP contribution in [0.4, 0.5) is 11.4 Å². The normalized spacial score (nSPS) is 11.0. The van der Waals surface area contributed by atoms with Gasteiger partial charge in [-0.2, -0.15) is 0 Å². The van der Waals surface area contributed by atoms with Gasteiger partial charge in [-0.25, -0.2) is 0 Å². The lowest BCUT2D eigenvalue weighted by Gasteiger charge is -2.10. The van der Waals surface area contributed by atoms with E-state index in [1.807, 2.05) is 36.4 Å². The highest BCUT2D eigenvalue weighted by Gasteiger charge is 2.21. The fraction of sp³-hybridized carbons (Fsp3) is 0. The Hall–Kier alpha value is -4.72. The maximum absolute atomic E-state index is 11.3. The molecule has 5 aromatic rings. The van der Waals surface area contributed by atoms with Crippen LogP contribution in [0.3, 0.4) is 0 Å². The van der Waals surface area contributed by atoms with Gasteiger partial charge in [0.05, 0.1) is 26.9 Å². The third kappa shape index (κ3) is 3.20. The SMILES string of the molecule is O=[N+]([O-])c1ccc(Oc2ccc(-n3c4ccccc4c4ccccc43)cc2)c([N+](=O)[O-])c1. The van der Waals surface area contributed by atoms with E-state index in [0.717, 1.165) is 33.6 Å². The molecule has 1 heterocycles. The van der Waals surface area contributed by atoms with Gasteiger partial charge in [-0.3, -0.25) is 20.2 Å². The number of fused-ring (bicyclic) bond motifs is 3. The van der Waals surface area contributed by atoms with Gasteiger partial charge in [0.1, 0.15) is 5.75 Å². The number of hydrogen-bond donors (Lipinski definition) is 0. The van der Waals surface area contributed by atoms with Crippen LogP contribution in [0, 0.1) is 20.2 Å². The van der Waals surface area contributed by atoms with Crippen molar-refractivity contribution in [2.75, 3.05) is 0 Å². The summed E-state index contributed by atoms with van der Waals surface area (Å²) < 4.78 is 7.82. The van der Waals surface area contributed by atoms with Gasteiger partial charge < -0.3 is 9.30 Å². The van der Waals surface area contributed by atoms with Crippen LogP contribution in [0.5, 0.6) is 11.5 Å². The van der Waals surface area contributed by atoms with Gasteiger partial charge in [-0.1, -0.05) is 36.4 Å². The largest absolute Gasteiger partial charge is 0.450 e. The zero-order valence-electron chi connectivity index (χ0n) is 16.5. The summed E-state index contributed by atoms with van der Waals surface area (Å²) in [6.07, 6.45) is 0. The Morgan fingerprint density at radius 3 is 1.84 bits per heavy atom. The summed E-state index contributed by atoms with van der Waals surface area (Å²) >= 11 is 0. The monoisotopic (exact) mass is 425 g/mol. The highest BCUT2D eigenvalue weighted by atomic mass is 16.6. The highest BCUT2D eigenvalue weighted by Crippen LogP contribution is 2.36. The third-order valence-electron chi connectivity index (χ3n) is 5.25. The lowest BCUT2D eigenvalue weighted by molar-refractivity contribution is -0.394. The number of nitro groups is 2. The summed E-state index contributed by atoms with van der Waals surface area (Å²) in [7, 11) is 0. The molecule has 0 spiro atoms. The topological polar surface area (TPSA) is 100 Å². The van der Waals surface area contributed by atoms with Crippen molar-refractivity contribution in [1.82, 2.24) is 4.57 Å². The summed E-state index contributed by atoms with van der Waals surface area (Å²) in [4.78, 5) is 20.9. The van der Waals surface area contributed by atoms with E-state index in [0.29, 0.717) is 5.75 Å². The minimum absolute atomic E-state index is 0.0646. The Bertz CT molecular complexity index is 1450. The Kier molecular flexibility index (Phi) is 4.52. The molecule has 0 aliphatic heterocycles. The number of rotatable bonds is 5. The van der Waals surface area contributed by atoms with Crippen molar-refractivity contribution in [1.29, 1.82) is 0 Å². The second kappa shape index (κ2) is 7.51. The van der Waals surface area contributed by atoms with Crippen molar-refractivity contribution in [3.8, 4) is 17.2 Å². The van der Waals surface area contributed by atoms with Crippen molar-refractivity contribution in [3.05, 3.63) is 111 Å². The Balaban J connectivity index is 1.54. The average molecular weight is 425 g/mol. The minimum atomic E-state index is -0.700. The van der Waals surface area contributed by atoms with Crippen LogP contribution in [-0.2, 0) is 0 Å². The van der Waals surface area contributed by atoms with Gasteiger partial charge in [0.2, 0.25) is 5.75 Å². The first kappa shape index (κ1) is 19.3. The van der Waals surface area contributed by atoms with E-state index < -0.39 is 15.5 Å². The smallest absolute Gasteiger partial charge is 0.318 e. The van der Waals surface area contributed by atoms with Gasteiger partial charge in [0, 0.05) is 22.5 Å². The molecule has 8 heteroatoms. The second-order valence-electron chi connectivity index (χ2n) is 7.13. The first-order chi connectivity index (χ1) is 15.5. The minimum Gasteiger partial charge on any atom is -0.450 e. The van der Waals surface area contributed by atoms with Crippen LogP contribution in [0.25, 0.3) is 27.5 Å². The lowest BCUT2D eigenvalue weighted by atomic mass is 10.2. The predicted octanol–water partition coefficient (Wildman–Crippen LogP) is 6.39. The summed E-state index contributed by atoms with van der Waals surface area (Å²) in [6, 6.07) is 26.7. The summed E-state index contributed by atoms with van der Waals surface area (Å²) in [6.45, 7) is 0. The van der Waals surface area contributed by atoms with E-state index in [9.17, 15) is 20.2 Å². The maximum Gasteiger partial charge on any atom is 0.318 e. The maximum atomic E-state index is 11.3. The van der Waals surface area contributed by atoms with Crippen molar-refractivity contribution in [2.45, 2.75) is 0 Å². The molecule has 0 radical (unpaired) electrons. The molecule has 0 saturated carbocycles. The van der Waals surface area contributed by atoms with Gasteiger partial charge >= 0.3 is 5.69 Å². The number of nitro benzene ring substituents is 2. The predicted molar refractivity (Wildman–Crippen MR) is 121 cm³/mol. The van der Waals surface area contributed by atoms with E-state index in [-0.39, 0.29) is 11.4 Å². The van der Waals surface area contributed by atoms with Gasteiger partial charge in [-0.15, -0.1) is 0 Å². The van der Waals surface area contributed by atoms with Gasteiger partial charge in [0.15, 0.2) is 0 Å². The number of non-ortho nitro benzene ring substituents is 1. The Labute approximate surface area is 181 Å². The number of hydrogen-bond acceptors (Lipinski definition) is 5. The van der Waals surface area contributed by atoms with E-state index in [1.54, 1.807) is 12.1 Å². The molecule has 8 nitrogen and oxygen atoms in total. The van der Waals surface area contributed by atoms with E-state index in [2.05, 4.69) is 28.8 Å². The Morgan fingerprint density at radius 2 is 1.28 bits per heavy atom. The average Bonchev–Trinajstić information content (AvgIpc) is 3.14. The molecule has 5 rings (SSSR count). The van der Waals surface area contributed by atoms with Crippen LogP contribution in [-0.4, -0.2) is 14.4 Å². The molecular formula is C24H15N3O5. The number of nitrogens with zero attached hydrogens (tertiary/aromatic N) is 3. The van der Waals surface area contributed by atoms with Crippen LogP contribution < -0.4 is 4.74 Å². The molecule has 0 unspecified atom stereocenters. The molecule has 0 bridgehead atoms. The first-order valence-corrected chi connectivity index (χ1v) is 9.72. The molecule has 0 atom stereocenters. The summed E-state index contributed by atoms with van der Waals surface area (Å²) in [5.74, 6) is 0.316. The molecule has 0 aliphatic rings. The molecule has 0 aliphatic carbocycles. The van der Waals surface area contributed by atoms with E-state index in [4.69, 9.17) is 4.74 Å². The van der Waals surface area contributed by atoms with Crippen LogP contribution in [0.1, 0.15) is 0 Å². The van der Waals surface area contributed by atoms with Crippen molar-refractivity contribution in [2.24, 2.45) is 0 Å². The molecule has 0 saturated heterocycles.